The lowest BCUT2D eigenvalue weighted by molar-refractivity contribution is -0.143. The Morgan fingerprint density at radius 1 is 1.18 bits per heavy atom. The SMILES string of the molecule is CN(CC1CCC(C(=O)O)CC1)C(=O)OCc1ccccc1. The first kappa shape index (κ1) is 16.3. The van der Waals surface area contributed by atoms with Crippen LogP contribution in [0.2, 0.25) is 0 Å². The quantitative estimate of drug-likeness (QED) is 0.907. The predicted molar refractivity (Wildman–Crippen MR) is 82.3 cm³/mol. The third-order valence-corrected chi connectivity index (χ3v) is 4.24. The molecule has 0 saturated heterocycles. The zero-order valence-corrected chi connectivity index (χ0v) is 12.9. The minimum absolute atomic E-state index is 0.216. The maximum atomic E-state index is 12.0. The molecule has 1 N–H and O–H groups in total. The number of hydrogen-bond acceptors (Lipinski definition) is 3. The molecule has 0 aromatic heterocycles. The molecule has 0 bridgehead atoms. The zero-order valence-electron chi connectivity index (χ0n) is 12.9. The lowest BCUT2D eigenvalue weighted by atomic mass is 9.82. The number of carboxylic acids is 1. The molecule has 0 aliphatic heterocycles. The molecular weight excluding hydrogens is 282 g/mol. The van der Waals surface area contributed by atoms with Crippen LogP contribution in [0.15, 0.2) is 30.3 Å². The average molecular weight is 305 g/mol. The molecule has 120 valence electrons. The van der Waals surface area contributed by atoms with Crippen LogP contribution in [0.5, 0.6) is 0 Å². The Kier molecular flexibility index (Phi) is 5.81. The highest BCUT2D eigenvalue weighted by atomic mass is 16.6. The van der Waals surface area contributed by atoms with E-state index in [1.54, 1.807) is 11.9 Å². The molecule has 5 heteroatoms. The van der Waals surface area contributed by atoms with Crippen LogP contribution < -0.4 is 0 Å². The normalized spacial score (nSPS) is 21.1. The van der Waals surface area contributed by atoms with Gasteiger partial charge in [0.2, 0.25) is 0 Å². The minimum atomic E-state index is -0.700. The molecule has 0 spiro atoms. The van der Waals surface area contributed by atoms with Crippen molar-refractivity contribution in [3.8, 4) is 0 Å². The topological polar surface area (TPSA) is 66.8 Å². The van der Waals surface area contributed by atoms with Crippen LogP contribution in [-0.4, -0.2) is 35.7 Å². The van der Waals surface area contributed by atoms with Gasteiger partial charge in [-0.1, -0.05) is 30.3 Å². The Balaban J connectivity index is 1.71. The highest BCUT2D eigenvalue weighted by Gasteiger charge is 2.27. The van der Waals surface area contributed by atoms with E-state index in [0.717, 1.165) is 18.4 Å². The second-order valence-corrected chi connectivity index (χ2v) is 5.98. The van der Waals surface area contributed by atoms with Crippen molar-refractivity contribution in [3.05, 3.63) is 35.9 Å². The monoisotopic (exact) mass is 305 g/mol. The van der Waals surface area contributed by atoms with Gasteiger partial charge >= 0.3 is 12.1 Å². The van der Waals surface area contributed by atoms with Crippen molar-refractivity contribution in [2.45, 2.75) is 32.3 Å². The molecule has 22 heavy (non-hydrogen) atoms. The van der Waals surface area contributed by atoms with Gasteiger partial charge in [-0.05, 0) is 37.2 Å². The maximum Gasteiger partial charge on any atom is 0.409 e. The van der Waals surface area contributed by atoms with E-state index in [2.05, 4.69) is 0 Å². The van der Waals surface area contributed by atoms with Gasteiger partial charge in [0.1, 0.15) is 6.61 Å². The summed E-state index contributed by atoms with van der Waals surface area (Å²) in [5, 5.41) is 8.99. The third kappa shape index (κ3) is 4.76. The molecule has 1 aliphatic carbocycles. The lowest BCUT2D eigenvalue weighted by Gasteiger charge is -2.29. The first-order valence-corrected chi connectivity index (χ1v) is 7.71. The van der Waals surface area contributed by atoms with Crippen molar-refractivity contribution >= 4 is 12.1 Å². The van der Waals surface area contributed by atoms with Gasteiger partial charge in [-0.15, -0.1) is 0 Å². The summed E-state index contributed by atoms with van der Waals surface area (Å²) in [5.41, 5.74) is 0.964. The van der Waals surface area contributed by atoms with E-state index in [9.17, 15) is 9.59 Å². The molecule has 0 atom stereocenters. The summed E-state index contributed by atoms with van der Waals surface area (Å²) in [6.45, 7) is 0.899. The van der Waals surface area contributed by atoms with Gasteiger partial charge in [0.25, 0.3) is 0 Å². The number of ether oxygens (including phenoxy) is 1. The van der Waals surface area contributed by atoms with E-state index >= 15 is 0 Å². The maximum absolute atomic E-state index is 12.0. The number of carboxylic acid groups (broad SMARTS) is 1. The summed E-state index contributed by atoms with van der Waals surface area (Å²) < 4.78 is 5.28. The fourth-order valence-electron chi connectivity index (χ4n) is 2.88. The van der Waals surface area contributed by atoms with Crippen molar-refractivity contribution < 1.29 is 19.4 Å². The Labute approximate surface area is 130 Å². The molecule has 1 fully saturated rings. The van der Waals surface area contributed by atoms with Crippen LogP contribution >= 0.6 is 0 Å². The molecule has 1 aliphatic rings. The standard InChI is InChI=1S/C17H23NO4/c1-18(11-13-7-9-15(10-8-13)16(19)20)17(21)22-12-14-5-3-2-4-6-14/h2-6,13,15H,7-12H2,1H3,(H,19,20). The molecule has 0 unspecified atom stereocenters. The fourth-order valence-corrected chi connectivity index (χ4v) is 2.88. The highest BCUT2D eigenvalue weighted by Crippen LogP contribution is 2.29. The summed E-state index contributed by atoms with van der Waals surface area (Å²) in [4.78, 5) is 24.5. The van der Waals surface area contributed by atoms with Crippen molar-refractivity contribution in [1.82, 2.24) is 4.90 Å². The molecule has 0 heterocycles. The van der Waals surface area contributed by atoms with Crippen molar-refractivity contribution in [2.75, 3.05) is 13.6 Å². The fraction of sp³-hybridized carbons (Fsp3) is 0.529. The number of nitrogens with zero attached hydrogens (tertiary/aromatic N) is 1. The summed E-state index contributed by atoms with van der Waals surface area (Å²) in [6.07, 6.45) is 2.78. The summed E-state index contributed by atoms with van der Waals surface area (Å²) >= 11 is 0. The molecule has 0 radical (unpaired) electrons. The molecule has 1 aromatic carbocycles. The van der Waals surface area contributed by atoms with Crippen LogP contribution in [0.3, 0.4) is 0 Å². The van der Waals surface area contributed by atoms with Crippen LogP contribution in [0.1, 0.15) is 31.2 Å². The third-order valence-electron chi connectivity index (χ3n) is 4.24. The molecule has 5 nitrogen and oxygen atoms in total. The first-order valence-electron chi connectivity index (χ1n) is 7.71. The molecular formula is C17H23NO4. The van der Waals surface area contributed by atoms with Crippen molar-refractivity contribution in [3.63, 3.8) is 0 Å². The van der Waals surface area contributed by atoms with Crippen LogP contribution in [0, 0.1) is 11.8 Å². The van der Waals surface area contributed by atoms with Gasteiger partial charge in [0.15, 0.2) is 0 Å². The predicted octanol–water partition coefficient (Wildman–Crippen LogP) is 3.15. The molecule has 1 aromatic rings. The first-order chi connectivity index (χ1) is 10.6. The summed E-state index contributed by atoms with van der Waals surface area (Å²) in [7, 11) is 1.73. The van der Waals surface area contributed by atoms with Crippen molar-refractivity contribution in [2.24, 2.45) is 11.8 Å². The Hall–Kier alpha value is -2.04. The van der Waals surface area contributed by atoms with Crippen LogP contribution in [0.25, 0.3) is 0 Å². The number of amides is 1. The van der Waals surface area contributed by atoms with Crippen LogP contribution in [-0.2, 0) is 16.1 Å². The average Bonchev–Trinajstić information content (AvgIpc) is 2.54. The summed E-state index contributed by atoms with van der Waals surface area (Å²) in [6, 6.07) is 9.58. The second kappa shape index (κ2) is 7.82. The number of carbonyl (C=O) groups is 2. The van der Waals surface area contributed by atoms with E-state index < -0.39 is 5.97 Å². The number of benzene rings is 1. The van der Waals surface area contributed by atoms with E-state index in [-0.39, 0.29) is 18.6 Å². The van der Waals surface area contributed by atoms with E-state index in [4.69, 9.17) is 9.84 Å². The molecule has 2 rings (SSSR count). The lowest BCUT2D eigenvalue weighted by Crippen LogP contribution is -2.34. The largest absolute Gasteiger partial charge is 0.481 e. The Bertz CT molecular complexity index is 495. The Morgan fingerprint density at radius 3 is 2.41 bits per heavy atom. The van der Waals surface area contributed by atoms with Gasteiger partial charge < -0.3 is 14.7 Å². The molecule has 1 amide bonds. The van der Waals surface area contributed by atoms with Crippen LogP contribution in [0.4, 0.5) is 4.79 Å². The smallest absolute Gasteiger partial charge is 0.409 e. The highest BCUT2D eigenvalue weighted by molar-refractivity contribution is 5.70. The molecule has 1 saturated carbocycles. The van der Waals surface area contributed by atoms with Gasteiger partial charge in [-0.3, -0.25) is 4.79 Å². The second-order valence-electron chi connectivity index (χ2n) is 5.98. The van der Waals surface area contributed by atoms with E-state index in [1.165, 1.54) is 0 Å². The van der Waals surface area contributed by atoms with Crippen molar-refractivity contribution in [1.29, 1.82) is 0 Å². The number of rotatable bonds is 5. The number of hydrogen-bond donors (Lipinski definition) is 1. The number of aliphatic carboxylic acids is 1. The van der Waals surface area contributed by atoms with Gasteiger partial charge in [0, 0.05) is 13.6 Å². The van der Waals surface area contributed by atoms with E-state index in [0.29, 0.717) is 25.3 Å². The number of carbonyl (C=O) groups excluding carboxylic acids is 1. The minimum Gasteiger partial charge on any atom is -0.481 e. The van der Waals surface area contributed by atoms with E-state index in [1.807, 2.05) is 30.3 Å². The van der Waals surface area contributed by atoms with Gasteiger partial charge in [-0.25, -0.2) is 4.79 Å². The van der Waals surface area contributed by atoms with Gasteiger partial charge in [-0.2, -0.15) is 0 Å². The zero-order chi connectivity index (χ0) is 15.9. The van der Waals surface area contributed by atoms with Gasteiger partial charge in [0.05, 0.1) is 5.92 Å². The Morgan fingerprint density at radius 2 is 1.82 bits per heavy atom. The summed E-state index contributed by atoms with van der Waals surface area (Å²) in [5.74, 6) is -0.550.